The van der Waals surface area contributed by atoms with E-state index >= 15 is 0 Å². The largest absolute Gasteiger partial charge is 0.469 e. The third-order valence-electron chi connectivity index (χ3n) is 6.22. The maximum atomic E-state index is 12.4. The maximum Gasteiger partial charge on any atom is 0.312 e. The van der Waals surface area contributed by atoms with Crippen LogP contribution in [0.25, 0.3) is 0 Å². The number of hydrogen-bond acceptors (Lipinski definition) is 4. The van der Waals surface area contributed by atoms with Gasteiger partial charge in [0, 0.05) is 5.92 Å². The SMILES string of the molecule is COC(=O)C[C@H]1C(C)=C[C@H]2OC(=O)[C@@]3(C)CCC[C@@]1(C)[C@@H]23. The van der Waals surface area contributed by atoms with Crippen molar-refractivity contribution in [1.82, 2.24) is 0 Å². The zero-order valence-electron chi connectivity index (χ0n) is 13.3. The lowest BCUT2D eigenvalue weighted by atomic mass is 9.48. The molecule has 4 nitrogen and oxygen atoms in total. The fourth-order valence-electron chi connectivity index (χ4n) is 5.23. The van der Waals surface area contributed by atoms with Crippen LogP contribution < -0.4 is 0 Å². The van der Waals surface area contributed by atoms with Gasteiger partial charge in [0.05, 0.1) is 18.9 Å². The molecule has 1 heterocycles. The van der Waals surface area contributed by atoms with E-state index in [0.29, 0.717) is 6.42 Å². The summed E-state index contributed by atoms with van der Waals surface area (Å²) in [5.41, 5.74) is 0.684. The smallest absolute Gasteiger partial charge is 0.312 e. The molecule has 0 aromatic carbocycles. The molecule has 0 bridgehead atoms. The standard InChI is InChI=1S/C17H24O4/c1-10-8-12-14-16(2,11(10)9-13(18)20-4)6-5-7-17(14,3)15(19)21-12/h8,11-12,14H,5-7,9H2,1-4H3/t11-,12+,14+,16+,17-/m0/s1. The highest BCUT2D eigenvalue weighted by molar-refractivity contribution is 5.80. The van der Waals surface area contributed by atoms with Crippen LogP contribution in [0.2, 0.25) is 0 Å². The Hall–Kier alpha value is -1.32. The number of rotatable bonds is 2. The van der Waals surface area contributed by atoms with Crippen LogP contribution in [0.15, 0.2) is 11.6 Å². The third-order valence-corrected chi connectivity index (χ3v) is 6.22. The summed E-state index contributed by atoms with van der Waals surface area (Å²) >= 11 is 0. The zero-order valence-corrected chi connectivity index (χ0v) is 13.3. The summed E-state index contributed by atoms with van der Waals surface area (Å²) in [6.45, 7) is 6.32. The van der Waals surface area contributed by atoms with Crippen molar-refractivity contribution in [3.8, 4) is 0 Å². The Labute approximate surface area is 125 Å². The van der Waals surface area contributed by atoms with Crippen LogP contribution in [0.4, 0.5) is 0 Å². The molecule has 0 aromatic heterocycles. The van der Waals surface area contributed by atoms with E-state index in [1.807, 2.05) is 13.8 Å². The number of carbonyl (C=O) groups excluding carboxylic acids is 2. The summed E-state index contributed by atoms with van der Waals surface area (Å²) < 4.78 is 10.5. The van der Waals surface area contributed by atoms with Gasteiger partial charge in [-0.1, -0.05) is 18.9 Å². The van der Waals surface area contributed by atoms with Gasteiger partial charge in [0.2, 0.25) is 0 Å². The van der Waals surface area contributed by atoms with Crippen molar-refractivity contribution in [1.29, 1.82) is 0 Å². The minimum atomic E-state index is -0.400. The number of esters is 2. The van der Waals surface area contributed by atoms with Crippen molar-refractivity contribution in [2.24, 2.45) is 22.7 Å². The van der Waals surface area contributed by atoms with E-state index in [1.165, 1.54) is 7.11 Å². The van der Waals surface area contributed by atoms with Gasteiger partial charge in [-0.15, -0.1) is 0 Å². The Kier molecular flexibility index (Phi) is 3.19. The molecule has 0 amide bonds. The molecule has 0 unspecified atom stereocenters. The lowest BCUT2D eigenvalue weighted by Gasteiger charge is -2.53. The monoisotopic (exact) mass is 292 g/mol. The maximum absolute atomic E-state index is 12.4. The molecule has 2 fully saturated rings. The molecular weight excluding hydrogens is 268 g/mol. The van der Waals surface area contributed by atoms with Gasteiger partial charge in [0.1, 0.15) is 6.10 Å². The molecule has 3 aliphatic rings. The molecule has 1 aliphatic heterocycles. The molecule has 116 valence electrons. The molecule has 21 heavy (non-hydrogen) atoms. The van der Waals surface area contributed by atoms with Crippen molar-refractivity contribution in [3.63, 3.8) is 0 Å². The first-order chi connectivity index (χ1) is 9.83. The van der Waals surface area contributed by atoms with Crippen LogP contribution in [-0.2, 0) is 19.1 Å². The Balaban J connectivity index is 2.04. The molecule has 4 heteroatoms. The molecule has 3 rings (SSSR count). The topological polar surface area (TPSA) is 52.6 Å². The van der Waals surface area contributed by atoms with Gasteiger partial charge in [0.25, 0.3) is 0 Å². The summed E-state index contributed by atoms with van der Waals surface area (Å²) in [5.74, 6) is 0.0704. The van der Waals surface area contributed by atoms with E-state index in [4.69, 9.17) is 9.47 Å². The van der Waals surface area contributed by atoms with Crippen LogP contribution in [-0.4, -0.2) is 25.2 Å². The molecule has 1 saturated heterocycles. The van der Waals surface area contributed by atoms with E-state index in [9.17, 15) is 9.59 Å². The molecule has 0 spiro atoms. The minimum absolute atomic E-state index is 0.0637. The molecule has 0 N–H and O–H groups in total. The molecule has 0 aromatic rings. The zero-order chi connectivity index (χ0) is 15.4. The second-order valence-electron chi connectivity index (χ2n) is 7.37. The number of carbonyl (C=O) groups is 2. The average molecular weight is 292 g/mol. The molecule has 2 aliphatic carbocycles. The molecular formula is C17H24O4. The molecule has 1 saturated carbocycles. The van der Waals surface area contributed by atoms with Crippen LogP contribution in [0.3, 0.4) is 0 Å². The molecule has 0 radical (unpaired) electrons. The van der Waals surface area contributed by atoms with Crippen molar-refractivity contribution in [3.05, 3.63) is 11.6 Å². The highest BCUT2D eigenvalue weighted by Crippen LogP contribution is 2.64. The quantitative estimate of drug-likeness (QED) is 0.580. The van der Waals surface area contributed by atoms with Crippen molar-refractivity contribution >= 4 is 11.9 Å². The summed E-state index contributed by atoms with van der Waals surface area (Å²) in [4.78, 5) is 24.2. The number of allylic oxidation sites excluding steroid dienone is 1. The Morgan fingerprint density at radius 1 is 1.43 bits per heavy atom. The Morgan fingerprint density at radius 2 is 2.14 bits per heavy atom. The lowest BCUT2D eigenvalue weighted by molar-refractivity contribution is -0.148. The van der Waals surface area contributed by atoms with Gasteiger partial charge >= 0.3 is 11.9 Å². The minimum Gasteiger partial charge on any atom is -0.469 e. The fourth-order valence-corrected chi connectivity index (χ4v) is 5.23. The van der Waals surface area contributed by atoms with E-state index in [2.05, 4.69) is 13.0 Å². The summed E-state index contributed by atoms with van der Waals surface area (Å²) in [6, 6.07) is 0. The molecule has 5 atom stereocenters. The van der Waals surface area contributed by atoms with Gasteiger partial charge in [0.15, 0.2) is 0 Å². The van der Waals surface area contributed by atoms with Gasteiger partial charge in [-0.3, -0.25) is 9.59 Å². The Bertz CT molecular complexity index is 523. The number of hydrogen-bond donors (Lipinski definition) is 0. The summed E-state index contributed by atoms with van der Waals surface area (Å²) in [7, 11) is 1.43. The second-order valence-corrected chi connectivity index (χ2v) is 7.37. The van der Waals surface area contributed by atoms with Gasteiger partial charge < -0.3 is 9.47 Å². The van der Waals surface area contributed by atoms with Crippen molar-refractivity contribution < 1.29 is 19.1 Å². The second kappa shape index (κ2) is 4.59. The normalized spacial score (nSPS) is 44.7. The van der Waals surface area contributed by atoms with Crippen LogP contribution >= 0.6 is 0 Å². The van der Waals surface area contributed by atoms with E-state index in [0.717, 1.165) is 24.8 Å². The van der Waals surface area contributed by atoms with Gasteiger partial charge in [-0.2, -0.15) is 0 Å². The van der Waals surface area contributed by atoms with Crippen molar-refractivity contribution in [2.45, 2.75) is 52.6 Å². The first kappa shape index (κ1) is 14.6. The van der Waals surface area contributed by atoms with Gasteiger partial charge in [-0.25, -0.2) is 0 Å². The highest BCUT2D eigenvalue weighted by Gasteiger charge is 2.65. The predicted molar refractivity (Wildman–Crippen MR) is 77.3 cm³/mol. The summed E-state index contributed by atoms with van der Waals surface area (Å²) in [5, 5.41) is 0. The van der Waals surface area contributed by atoms with Crippen molar-refractivity contribution in [2.75, 3.05) is 7.11 Å². The van der Waals surface area contributed by atoms with E-state index < -0.39 is 5.41 Å². The number of ether oxygens (including phenoxy) is 2. The van der Waals surface area contributed by atoms with E-state index in [-0.39, 0.29) is 35.3 Å². The van der Waals surface area contributed by atoms with Crippen LogP contribution in [0.1, 0.15) is 46.5 Å². The average Bonchev–Trinajstić information content (AvgIpc) is 2.67. The summed E-state index contributed by atoms with van der Waals surface area (Å²) in [6.07, 6.45) is 5.27. The first-order valence-electron chi connectivity index (χ1n) is 7.79. The van der Waals surface area contributed by atoms with Gasteiger partial charge in [-0.05, 0) is 44.1 Å². The van der Waals surface area contributed by atoms with E-state index in [1.54, 1.807) is 0 Å². The first-order valence-corrected chi connectivity index (χ1v) is 7.79. The van der Waals surface area contributed by atoms with Crippen LogP contribution in [0, 0.1) is 22.7 Å². The third kappa shape index (κ3) is 1.87. The Morgan fingerprint density at radius 3 is 2.81 bits per heavy atom. The number of methoxy groups -OCH3 is 1. The fraction of sp³-hybridized carbons (Fsp3) is 0.765. The predicted octanol–water partition coefficient (Wildman–Crippen LogP) is 2.86. The lowest BCUT2D eigenvalue weighted by Crippen LogP contribution is -2.52. The van der Waals surface area contributed by atoms with Crippen LogP contribution in [0.5, 0.6) is 0 Å². The highest BCUT2D eigenvalue weighted by atomic mass is 16.6.